The molecular formula is C44H69AgNO12. The van der Waals surface area contributed by atoms with Crippen LogP contribution in [-0.4, -0.2) is 126 Å². The Morgan fingerprint density at radius 1 is 0.931 bits per heavy atom. The average molecular weight is 912 g/mol. The van der Waals surface area contributed by atoms with Crippen LogP contribution in [0.25, 0.3) is 0 Å². The van der Waals surface area contributed by atoms with E-state index in [2.05, 4.69) is 6.58 Å². The smallest absolute Gasteiger partial charge is 0.329 e. The molecule has 4 rings (SSSR count). The van der Waals surface area contributed by atoms with Crippen LogP contribution < -0.4 is 0 Å². The Hall–Kier alpha value is -2.04. The number of rotatable bonds is 7. The van der Waals surface area contributed by atoms with Crippen LogP contribution in [0.4, 0.5) is 0 Å². The van der Waals surface area contributed by atoms with Crippen molar-refractivity contribution in [3.05, 3.63) is 36.0 Å². The monoisotopic (exact) mass is 910 g/mol. The summed E-state index contributed by atoms with van der Waals surface area (Å²) in [5, 5.41) is 34.1. The van der Waals surface area contributed by atoms with Gasteiger partial charge in [-0.15, -0.1) is 6.58 Å². The minimum Gasteiger partial charge on any atom is -0.456 e. The van der Waals surface area contributed by atoms with Gasteiger partial charge in [0.05, 0.1) is 30.5 Å². The van der Waals surface area contributed by atoms with E-state index in [-0.39, 0.29) is 71.9 Å². The van der Waals surface area contributed by atoms with Gasteiger partial charge in [-0.3, -0.25) is 14.4 Å². The van der Waals surface area contributed by atoms with E-state index in [1.54, 1.807) is 27.0 Å². The van der Waals surface area contributed by atoms with Gasteiger partial charge in [-0.2, -0.15) is 0 Å². The molecule has 3 aliphatic heterocycles. The maximum Gasteiger partial charge on any atom is 0.329 e. The van der Waals surface area contributed by atoms with Crippen LogP contribution >= 0.6 is 0 Å². The van der Waals surface area contributed by atoms with Crippen LogP contribution in [-0.2, 0) is 65.2 Å². The van der Waals surface area contributed by atoms with E-state index in [0.29, 0.717) is 56.9 Å². The van der Waals surface area contributed by atoms with Crippen LogP contribution in [0.1, 0.15) is 105 Å². The number of esters is 1. The molecule has 4 aliphatic rings. The Balaban J connectivity index is 0.00000900. The number of hydrogen-bond donors (Lipinski definition) is 3. The van der Waals surface area contributed by atoms with Crippen molar-refractivity contribution in [1.29, 1.82) is 0 Å². The van der Waals surface area contributed by atoms with Crippen molar-refractivity contribution < 1.29 is 80.6 Å². The molecular weight excluding hydrogens is 842 g/mol. The fraction of sp³-hybridized carbons (Fsp3) is 0.773. The van der Waals surface area contributed by atoms with Crippen molar-refractivity contribution >= 4 is 23.4 Å². The average Bonchev–Trinajstić information content (AvgIpc) is 3.18. The van der Waals surface area contributed by atoms with Crippen molar-refractivity contribution in [2.45, 2.75) is 160 Å². The minimum absolute atomic E-state index is 0. The standard InChI is InChI=1S/C44H69NO12.Ag/c1-10-13-31-19-25(2)18-26(3)20-37(54-8)40-38(55-9)22-28(5)44(52,57-40)41(49)42(50)45-17-12-11-14-32(45)43(51)56-39(29(6)34(47)24-35(31)48)27(4)21-30-15-16-33(46)36(23-30)53-7;/h10,19,21,26,28-34,36-40,46-47,52H,1,11-18,20,22-24H2,2-9H3;/b25-19+,27-21+;/t26-,28+,29+,30-,31+,32-,33+,34-,36+,37-,38-,39+,40+,44+;/m0./s1. The first kappa shape index (κ1) is 50.3. The molecule has 14 heteroatoms. The number of fused-ring (bicyclic) bond motifs is 3. The summed E-state index contributed by atoms with van der Waals surface area (Å²) in [6.45, 7) is 13.1. The second kappa shape index (κ2) is 22.7. The van der Waals surface area contributed by atoms with Crippen molar-refractivity contribution in [3.8, 4) is 0 Å². The Labute approximate surface area is 360 Å². The van der Waals surface area contributed by atoms with Gasteiger partial charge in [0.2, 0.25) is 5.79 Å². The summed E-state index contributed by atoms with van der Waals surface area (Å²) < 4.78 is 29.7. The summed E-state index contributed by atoms with van der Waals surface area (Å²) in [4.78, 5) is 57.8. The Bertz CT molecular complexity index is 1490. The molecule has 1 saturated carbocycles. The van der Waals surface area contributed by atoms with Crippen LogP contribution in [0.2, 0.25) is 0 Å². The number of ketones is 2. The number of carbonyl (C=O) groups is 4. The third kappa shape index (κ3) is 12.1. The van der Waals surface area contributed by atoms with Crippen molar-refractivity contribution in [2.24, 2.45) is 29.6 Å². The number of Topliss-reactive ketones (excluding diaryl/α,β-unsaturated/α-hetero) is 2. The predicted molar refractivity (Wildman–Crippen MR) is 213 cm³/mol. The van der Waals surface area contributed by atoms with Gasteiger partial charge in [-0.1, -0.05) is 44.6 Å². The number of aliphatic hydroxyl groups excluding tert-OH is 2. The van der Waals surface area contributed by atoms with E-state index in [1.165, 1.54) is 19.1 Å². The molecule has 0 aromatic heterocycles. The first-order valence-electron chi connectivity index (χ1n) is 20.9. The molecule has 1 radical (unpaired) electrons. The summed E-state index contributed by atoms with van der Waals surface area (Å²) in [5.74, 6) is -7.76. The van der Waals surface area contributed by atoms with E-state index < -0.39 is 83.9 Å². The zero-order chi connectivity index (χ0) is 42.2. The Kier molecular flexibility index (Phi) is 19.7. The quantitative estimate of drug-likeness (QED) is 0.140. The van der Waals surface area contributed by atoms with Gasteiger partial charge >= 0.3 is 5.97 Å². The molecule has 3 heterocycles. The van der Waals surface area contributed by atoms with Crippen LogP contribution in [0.3, 0.4) is 0 Å². The van der Waals surface area contributed by atoms with Gasteiger partial charge in [0.1, 0.15) is 24.0 Å². The number of aliphatic hydroxyl groups is 3. The largest absolute Gasteiger partial charge is 0.456 e. The molecule has 13 nitrogen and oxygen atoms in total. The number of cyclic esters (lactones) is 1. The number of allylic oxidation sites excluding steroid dienone is 4. The first-order valence-corrected chi connectivity index (χ1v) is 20.9. The summed E-state index contributed by atoms with van der Waals surface area (Å²) in [6, 6.07) is -1.14. The Morgan fingerprint density at radius 3 is 2.22 bits per heavy atom. The van der Waals surface area contributed by atoms with E-state index in [0.717, 1.165) is 5.57 Å². The second-order valence-electron chi connectivity index (χ2n) is 17.3. The van der Waals surface area contributed by atoms with E-state index in [1.807, 2.05) is 32.9 Å². The zero-order valence-corrected chi connectivity index (χ0v) is 37.2. The molecule has 2 saturated heterocycles. The molecule has 1 aliphatic carbocycles. The Morgan fingerprint density at radius 2 is 1.59 bits per heavy atom. The van der Waals surface area contributed by atoms with Crippen molar-refractivity contribution in [3.63, 3.8) is 0 Å². The molecule has 0 spiro atoms. The van der Waals surface area contributed by atoms with Crippen LogP contribution in [0.5, 0.6) is 0 Å². The molecule has 2 bridgehead atoms. The van der Waals surface area contributed by atoms with E-state index in [9.17, 15) is 34.5 Å². The van der Waals surface area contributed by atoms with Crippen molar-refractivity contribution in [1.82, 2.24) is 4.90 Å². The molecule has 3 fully saturated rings. The van der Waals surface area contributed by atoms with Gasteiger partial charge in [0, 0.05) is 74.4 Å². The molecule has 0 unspecified atom stereocenters. The van der Waals surface area contributed by atoms with E-state index >= 15 is 0 Å². The van der Waals surface area contributed by atoms with Gasteiger partial charge < -0.3 is 43.9 Å². The fourth-order valence-electron chi connectivity index (χ4n) is 9.42. The number of methoxy groups -OCH3 is 3. The normalized spacial score (nSPS) is 40.3. The van der Waals surface area contributed by atoms with Gasteiger partial charge in [-0.05, 0) is 95.5 Å². The number of piperidine rings is 1. The minimum atomic E-state index is -2.51. The first-order chi connectivity index (χ1) is 27.0. The van der Waals surface area contributed by atoms with Gasteiger partial charge in [0.25, 0.3) is 11.7 Å². The summed E-state index contributed by atoms with van der Waals surface area (Å²) in [5.41, 5.74) is 1.61. The summed E-state index contributed by atoms with van der Waals surface area (Å²) >= 11 is 0. The zero-order valence-electron chi connectivity index (χ0n) is 35.7. The molecule has 333 valence electrons. The van der Waals surface area contributed by atoms with E-state index in [4.69, 9.17) is 23.7 Å². The SMILES string of the molecule is C=CC[C@@H]1/C=C(\C)C[C@H](C)C[C@H](OC)[C@H]2O[C@@](O)(C(=O)C(=O)N3CCCC[C@H]3C(=O)O[C@H](/C(C)=C/[C@@H]3CC[C@@H](O)[C@H](OC)C3)[C@H](C)[C@@H](O)CC1=O)[C@H](C)C[C@@H]2OC.[Ag]. The van der Waals surface area contributed by atoms with Crippen LogP contribution in [0, 0.1) is 29.6 Å². The summed E-state index contributed by atoms with van der Waals surface area (Å²) in [6.07, 6.45) is 4.93. The molecule has 0 aromatic rings. The second-order valence-corrected chi connectivity index (χ2v) is 17.3. The number of hydrogen-bond acceptors (Lipinski definition) is 12. The number of ether oxygens (including phenoxy) is 5. The molecule has 3 N–H and O–H groups in total. The molecule has 58 heavy (non-hydrogen) atoms. The maximum atomic E-state index is 14.3. The third-order valence-electron chi connectivity index (χ3n) is 12.9. The maximum absolute atomic E-state index is 14.3. The predicted octanol–water partition coefficient (Wildman–Crippen LogP) is 4.64. The molecule has 14 atom stereocenters. The third-order valence-corrected chi connectivity index (χ3v) is 12.9. The van der Waals surface area contributed by atoms with Gasteiger partial charge in [-0.25, -0.2) is 4.79 Å². The van der Waals surface area contributed by atoms with Crippen molar-refractivity contribution in [2.75, 3.05) is 27.9 Å². The topological polar surface area (TPSA) is 178 Å². The van der Waals surface area contributed by atoms with Crippen LogP contribution in [0.15, 0.2) is 36.0 Å². The molecule has 0 aromatic carbocycles. The molecule has 1 amide bonds. The summed E-state index contributed by atoms with van der Waals surface area (Å²) in [7, 11) is 4.61. The number of amides is 1. The number of carbonyl (C=O) groups excluding carboxylic acids is 4. The van der Waals surface area contributed by atoms with Gasteiger partial charge in [0.15, 0.2) is 0 Å². The number of nitrogens with zero attached hydrogens (tertiary/aromatic N) is 1. The fourth-order valence-corrected chi connectivity index (χ4v) is 9.42.